The van der Waals surface area contributed by atoms with E-state index in [-0.39, 0.29) is 11.5 Å². The third kappa shape index (κ3) is 3.69. The highest BCUT2D eigenvalue weighted by atomic mass is 35.5. The summed E-state index contributed by atoms with van der Waals surface area (Å²) in [6.45, 7) is 0. The zero-order valence-corrected chi connectivity index (χ0v) is 19.3. The summed E-state index contributed by atoms with van der Waals surface area (Å²) in [6, 6.07) is 13.5. The van der Waals surface area contributed by atoms with Gasteiger partial charge in [-0.3, -0.25) is 19.7 Å². The summed E-state index contributed by atoms with van der Waals surface area (Å²) >= 11 is 6.05. The Bertz CT molecular complexity index is 1470. The minimum Gasteiger partial charge on any atom is -0.319 e. The van der Waals surface area contributed by atoms with E-state index in [1.807, 2.05) is 0 Å². The van der Waals surface area contributed by atoms with Crippen LogP contribution in [0.3, 0.4) is 0 Å². The maximum absolute atomic E-state index is 13.6. The number of carbonyl (C=O) groups is 1. The van der Waals surface area contributed by atoms with Crippen LogP contribution >= 0.6 is 11.6 Å². The van der Waals surface area contributed by atoms with Gasteiger partial charge in [0, 0.05) is 35.7 Å². The van der Waals surface area contributed by atoms with E-state index < -0.39 is 22.3 Å². The van der Waals surface area contributed by atoms with Gasteiger partial charge in [-0.25, -0.2) is 14.4 Å². The number of fused-ring (bicyclic) bond motifs is 1. The van der Waals surface area contributed by atoms with Crippen molar-refractivity contribution < 1.29 is 13.2 Å². The normalized spacial score (nSPS) is 16.0. The van der Waals surface area contributed by atoms with Gasteiger partial charge in [0.05, 0.1) is 18.2 Å². The standard InChI is InChI=1S/C22H18ClN7O3S/c1-28-13-27-19-21(28)30(34(24,32)33)20(29(22(19)31)17-8-6-16(23)7-9-17)15-4-2-14(3-5-15)18-12-25-10-11-26-18/h2-13,20H,1H3,(H2,24,32,33). The van der Waals surface area contributed by atoms with E-state index in [2.05, 4.69) is 15.0 Å². The highest BCUT2D eigenvalue weighted by Crippen LogP contribution is 2.42. The largest absolute Gasteiger partial charge is 0.319 e. The van der Waals surface area contributed by atoms with Gasteiger partial charge in [0.15, 0.2) is 17.7 Å². The number of aryl methyl sites for hydroxylation is 1. The number of anilines is 2. The lowest BCUT2D eigenvalue weighted by Crippen LogP contribution is -2.54. The molecule has 34 heavy (non-hydrogen) atoms. The van der Waals surface area contributed by atoms with Crippen LogP contribution in [0.2, 0.25) is 5.02 Å². The van der Waals surface area contributed by atoms with Crippen LogP contribution in [0.5, 0.6) is 0 Å². The lowest BCUT2D eigenvalue weighted by molar-refractivity contribution is 0.0967. The third-order valence-electron chi connectivity index (χ3n) is 5.45. The molecule has 0 spiro atoms. The number of halogens is 1. The number of hydrogen-bond acceptors (Lipinski definition) is 6. The molecule has 2 aromatic heterocycles. The number of nitrogens with two attached hydrogens (primary N) is 1. The minimum atomic E-state index is -4.33. The van der Waals surface area contributed by atoms with E-state index in [4.69, 9.17) is 16.7 Å². The Morgan fingerprint density at radius 3 is 2.32 bits per heavy atom. The number of benzene rings is 2. The molecule has 0 radical (unpaired) electrons. The predicted molar refractivity (Wildman–Crippen MR) is 127 cm³/mol. The fraction of sp³-hybridized carbons (Fsp3) is 0.0909. The van der Waals surface area contributed by atoms with Crippen molar-refractivity contribution >= 4 is 39.2 Å². The van der Waals surface area contributed by atoms with Gasteiger partial charge in [-0.2, -0.15) is 8.42 Å². The summed E-state index contributed by atoms with van der Waals surface area (Å²) in [6.07, 6.45) is 5.04. The second-order valence-electron chi connectivity index (χ2n) is 7.61. The number of nitrogens with zero attached hydrogens (tertiary/aromatic N) is 6. The van der Waals surface area contributed by atoms with Crippen LogP contribution in [0.1, 0.15) is 22.2 Å². The lowest BCUT2D eigenvalue weighted by atomic mass is 10.0. The fourth-order valence-electron chi connectivity index (χ4n) is 3.96. The van der Waals surface area contributed by atoms with Crippen LogP contribution in [-0.4, -0.2) is 33.8 Å². The van der Waals surface area contributed by atoms with E-state index in [0.29, 0.717) is 22.0 Å². The predicted octanol–water partition coefficient (Wildman–Crippen LogP) is 2.90. The van der Waals surface area contributed by atoms with E-state index in [9.17, 15) is 13.2 Å². The number of imidazole rings is 1. The van der Waals surface area contributed by atoms with Crippen molar-refractivity contribution in [3.8, 4) is 11.3 Å². The summed E-state index contributed by atoms with van der Waals surface area (Å²) in [5, 5.41) is 6.16. The van der Waals surface area contributed by atoms with Crippen molar-refractivity contribution in [2.45, 2.75) is 6.17 Å². The van der Waals surface area contributed by atoms with Crippen molar-refractivity contribution in [2.24, 2.45) is 12.2 Å². The Morgan fingerprint density at radius 1 is 1.00 bits per heavy atom. The first-order valence-electron chi connectivity index (χ1n) is 10.0. The summed E-state index contributed by atoms with van der Waals surface area (Å²) in [5.74, 6) is -0.387. The van der Waals surface area contributed by atoms with Gasteiger partial charge in [0.2, 0.25) is 0 Å². The molecule has 4 aromatic rings. The molecule has 0 saturated carbocycles. The minimum absolute atomic E-state index is 0.0288. The molecule has 172 valence electrons. The second-order valence-corrected chi connectivity index (χ2v) is 9.47. The molecule has 2 aromatic carbocycles. The molecule has 0 saturated heterocycles. The maximum Gasteiger partial charge on any atom is 0.302 e. The van der Waals surface area contributed by atoms with Gasteiger partial charge < -0.3 is 4.57 Å². The quantitative estimate of drug-likeness (QED) is 0.463. The Labute approximate surface area is 200 Å². The first kappa shape index (κ1) is 22.0. The van der Waals surface area contributed by atoms with E-state index in [0.717, 1.165) is 9.87 Å². The highest BCUT2D eigenvalue weighted by molar-refractivity contribution is 7.90. The fourth-order valence-corrected chi connectivity index (χ4v) is 5.04. The monoisotopic (exact) mass is 495 g/mol. The molecule has 3 heterocycles. The maximum atomic E-state index is 13.6. The molecule has 0 fully saturated rings. The van der Waals surface area contributed by atoms with Crippen molar-refractivity contribution in [1.29, 1.82) is 0 Å². The first-order valence-corrected chi connectivity index (χ1v) is 11.9. The average molecular weight is 496 g/mol. The molecule has 12 heteroatoms. The van der Waals surface area contributed by atoms with Crippen LogP contribution in [-0.2, 0) is 17.3 Å². The summed E-state index contributed by atoms with van der Waals surface area (Å²) in [5.41, 5.74) is 2.35. The van der Waals surface area contributed by atoms with Crippen molar-refractivity contribution in [3.63, 3.8) is 0 Å². The number of aromatic nitrogens is 4. The molecule has 0 aliphatic carbocycles. The van der Waals surface area contributed by atoms with Gasteiger partial charge in [-0.15, -0.1) is 0 Å². The van der Waals surface area contributed by atoms with Gasteiger partial charge in [0.1, 0.15) is 0 Å². The summed E-state index contributed by atoms with van der Waals surface area (Å²) in [4.78, 5) is 27.4. The Hall–Kier alpha value is -3.80. The summed E-state index contributed by atoms with van der Waals surface area (Å²) in [7, 11) is -2.73. The highest BCUT2D eigenvalue weighted by Gasteiger charge is 2.46. The molecule has 2 N–H and O–H groups in total. The van der Waals surface area contributed by atoms with Crippen molar-refractivity contribution in [2.75, 3.05) is 9.21 Å². The molecule has 1 unspecified atom stereocenters. The van der Waals surface area contributed by atoms with E-state index >= 15 is 0 Å². The smallest absolute Gasteiger partial charge is 0.302 e. The van der Waals surface area contributed by atoms with Crippen LogP contribution in [0.4, 0.5) is 11.5 Å². The summed E-state index contributed by atoms with van der Waals surface area (Å²) < 4.78 is 28.2. The first-order chi connectivity index (χ1) is 16.3. The molecular weight excluding hydrogens is 478 g/mol. The third-order valence-corrected chi connectivity index (χ3v) is 6.62. The Balaban J connectivity index is 1.72. The average Bonchev–Trinajstić information content (AvgIpc) is 3.21. The van der Waals surface area contributed by atoms with Crippen molar-refractivity contribution in [3.05, 3.63) is 89.7 Å². The number of hydrogen-bond donors (Lipinski definition) is 1. The van der Waals surface area contributed by atoms with Crippen LogP contribution in [0.25, 0.3) is 11.3 Å². The van der Waals surface area contributed by atoms with Crippen LogP contribution < -0.4 is 14.3 Å². The zero-order chi connectivity index (χ0) is 24.0. The molecule has 5 rings (SSSR count). The van der Waals surface area contributed by atoms with Gasteiger partial charge in [0.25, 0.3) is 5.91 Å². The van der Waals surface area contributed by atoms with Gasteiger partial charge in [-0.1, -0.05) is 35.9 Å². The zero-order valence-electron chi connectivity index (χ0n) is 17.8. The second kappa shape index (κ2) is 8.20. The molecule has 1 atom stereocenters. The topological polar surface area (TPSA) is 127 Å². The van der Waals surface area contributed by atoms with Gasteiger partial charge in [-0.05, 0) is 29.8 Å². The molecule has 0 bridgehead atoms. The van der Waals surface area contributed by atoms with Crippen LogP contribution in [0.15, 0.2) is 73.4 Å². The van der Waals surface area contributed by atoms with E-state index in [1.54, 1.807) is 74.2 Å². The van der Waals surface area contributed by atoms with Gasteiger partial charge >= 0.3 is 10.2 Å². The van der Waals surface area contributed by atoms with E-state index in [1.165, 1.54) is 15.8 Å². The SMILES string of the molecule is Cn1cnc2c1N(S(N)(=O)=O)C(c1ccc(-c3cnccn3)cc1)N(c1ccc(Cl)cc1)C2=O. The Morgan fingerprint density at radius 2 is 1.71 bits per heavy atom. The number of rotatable bonds is 4. The number of carbonyl (C=O) groups excluding carboxylic acids is 1. The molecule has 1 amide bonds. The van der Waals surface area contributed by atoms with Crippen LogP contribution in [0, 0.1) is 0 Å². The molecular formula is C22H18ClN7O3S. The Kier molecular flexibility index (Phi) is 5.31. The lowest BCUT2D eigenvalue weighted by Gasteiger charge is -2.42. The molecule has 1 aliphatic heterocycles. The molecule has 10 nitrogen and oxygen atoms in total. The molecule has 1 aliphatic rings. The number of amides is 1. The van der Waals surface area contributed by atoms with Crippen molar-refractivity contribution in [1.82, 2.24) is 19.5 Å².